The molecule has 2 heterocycles. The molecule has 0 unspecified atom stereocenters. The number of aryl methyl sites for hydroxylation is 3. The summed E-state index contributed by atoms with van der Waals surface area (Å²) >= 11 is 1.50. The highest BCUT2D eigenvalue weighted by molar-refractivity contribution is 7.98. The van der Waals surface area contributed by atoms with Gasteiger partial charge in [0.05, 0.1) is 5.69 Å². The number of hydrogen-bond acceptors (Lipinski definition) is 6. The molecule has 7 heteroatoms. The molecular formula is C22H21N3O3S. The third kappa shape index (κ3) is 3.78. The van der Waals surface area contributed by atoms with Crippen molar-refractivity contribution in [1.82, 2.24) is 14.8 Å². The lowest BCUT2D eigenvalue weighted by Gasteiger charge is -2.11. The molecule has 0 spiro atoms. The minimum Gasteiger partial charge on any atom is -0.508 e. The maximum Gasteiger partial charge on any atom is 0.336 e. The number of benzene rings is 2. The van der Waals surface area contributed by atoms with E-state index in [1.54, 1.807) is 6.33 Å². The molecule has 0 aliphatic carbocycles. The van der Waals surface area contributed by atoms with Gasteiger partial charge in [-0.2, -0.15) is 0 Å². The van der Waals surface area contributed by atoms with E-state index in [2.05, 4.69) is 42.2 Å². The number of fused-ring (bicyclic) bond motifs is 1. The summed E-state index contributed by atoms with van der Waals surface area (Å²) in [5.74, 6) is 0.669. The van der Waals surface area contributed by atoms with Crippen LogP contribution < -0.4 is 5.63 Å². The first-order valence-electron chi connectivity index (χ1n) is 9.35. The zero-order valence-corrected chi connectivity index (χ0v) is 17.3. The molecule has 0 saturated carbocycles. The average Bonchev–Trinajstić information content (AvgIpc) is 3.13. The number of phenols is 1. The maximum absolute atomic E-state index is 12.0. The Kier molecular flexibility index (Phi) is 5.15. The van der Waals surface area contributed by atoms with E-state index >= 15 is 0 Å². The Morgan fingerprint density at radius 1 is 1.14 bits per heavy atom. The predicted molar refractivity (Wildman–Crippen MR) is 114 cm³/mol. The van der Waals surface area contributed by atoms with Crippen LogP contribution in [-0.2, 0) is 12.2 Å². The highest BCUT2D eigenvalue weighted by atomic mass is 32.2. The minimum atomic E-state index is -0.437. The van der Waals surface area contributed by atoms with Crippen molar-refractivity contribution in [3.05, 3.63) is 75.4 Å². The van der Waals surface area contributed by atoms with E-state index in [0.717, 1.165) is 32.9 Å². The summed E-state index contributed by atoms with van der Waals surface area (Å²) in [7, 11) is 0. The molecule has 6 nitrogen and oxygen atoms in total. The Labute approximate surface area is 172 Å². The lowest BCUT2D eigenvalue weighted by Crippen LogP contribution is -2.02. The molecule has 4 aromatic rings. The van der Waals surface area contributed by atoms with Gasteiger partial charge in [0.15, 0.2) is 5.16 Å². The zero-order valence-electron chi connectivity index (χ0n) is 16.5. The van der Waals surface area contributed by atoms with Crippen LogP contribution in [0.5, 0.6) is 5.75 Å². The second-order valence-corrected chi connectivity index (χ2v) is 7.93. The highest BCUT2D eigenvalue weighted by Crippen LogP contribution is 2.31. The second-order valence-electron chi connectivity index (χ2n) is 6.98. The summed E-state index contributed by atoms with van der Waals surface area (Å²) in [6.45, 7) is 6.10. The van der Waals surface area contributed by atoms with E-state index in [9.17, 15) is 9.90 Å². The fourth-order valence-corrected chi connectivity index (χ4v) is 4.33. The van der Waals surface area contributed by atoms with Gasteiger partial charge in [-0.3, -0.25) is 4.57 Å². The number of phenolic OH excluding ortho intramolecular Hbond substituents is 1. The molecule has 0 saturated heterocycles. The largest absolute Gasteiger partial charge is 0.508 e. The Hall–Kier alpha value is -3.06. The number of nitrogens with zero attached hydrogens (tertiary/aromatic N) is 3. The molecule has 2 aromatic heterocycles. The van der Waals surface area contributed by atoms with Crippen molar-refractivity contribution < 1.29 is 9.52 Å². The topological polar surface area (TPSA) is 81.2 Å². The van der Waals surface area contributed by atoms with Crippen LogP contribution in [0.25, 0.3) is 16.7 Å². The quantitative estimate of drug-likeness (QED) is 0.386. The van der Waals surface area contributed by atoms with Gasteiger partial charge in [0.1, 0.15) is 17.7 Å². The molecule has 0 fully saturated rings. The van der Waals surface area contributed by atoms with Crippen LogP contribution in [0.3, 0.4) is 0 Å². The molecule has 0 atom stereocenters. The summed E-state index contributed by atoms with van der Waals surface area (Å²) in [4.78, 5) is 12.0. The smallest absolute Gasteiger partial charge is 0.336 e. The molecule has 0 amide bonds. The normalized spacial score (nSPS) is 11.3. The van der Waals surface area contributed by atoms with Gasteiger partial charge >= 0.3 is 5.63 Å². The van der Waals surface area contributed by atoms with Gasteiger partial charge in [-0.1, -0.05) is 36.4 Å². The number of hydrogen-bond donors (Lipinski definition) is 1. The van der Waals surface area contributed by atoms with Crippen LogP contribution in [-0.4, -0.2) is 19.9 Å². The van der Waals surface area contributed by atoms with Gasteiger partial charge in [0.2, 0.25) is 0 Å². The van der Waals surface area contributed by atoms with Gasteiger partial charge in [-0.05, 0) is 49.1 Å². The lowest BCUT2D eigenvalue weighted by atomic mass is 10.1. The molecule has 1 N–H and O–H groups in total. The van der Waals surface area contributed by atoms with Crippen LogP contribution in [0.1, 0.15) is 29.2 Å². The first-order valence-corrected chi connectivity index (χ1v) is 10.3. The Morgan fingerprint density at radius 2 is 1.97 bits per heavy atom. The van der Waals surface area contributed by atoms with Crippen molar-refractivity contribution in [2.75, 3.05) is 0 Å². The van der Waals surface area contributed by atoms with Crippen LogP contribution in [0.2, 0.25) is 0 Å². The number of rotatable bonds is 5. The third-order valence-electron chi connectivity index (χ3n) is 4.90. The van der Waals surface area contributed by atoms with Gasteiger partial charge in [-0.25, -0.2) is 4.79 Å². The van der Waals surface area contributed by atoms with Gasteiger partial charge in [0.25, 0.3) is 0 Å². The average molecular weight is 407 g/mol. The zero-order chi connectivity index (χ0) is 20.5. The summed E-state index contributed by atoms with van der Waals surface area (Å²) in [6.07, 6.45) is 2.39. The van der Waals surface area contributed by atoms with E-state index in [-0.39, 0.29) is 5.75 Å². The Bertz CT molecular complexity index is 1260. The van der Waals surface area contributed by atoms with Crippen LogP contribution in [0.15, 0.2) is 57.1 Å². The first-order chi connectivity index (χ1) is 14.0. The minimum absolute atomic E-state index is 0.141. The SMILES string of the molecule is CCc1cc2c(CSc3nncn3-c3ccc(C)cc3C)cc(=O)oc2cc1O. The molecule has 0 aliphatic rings. The fourth-order valence-electron chi connectivity index (χ4n) is 3.42. The summed E-state index contributed by atoms with van der Waals surface area (Å²) in [5, 5.41) is 20.0. The molecule has 0 bridgehead atoms. The summed E-state index contributed by atoms with van der Waals surface area (Å²) in [6, 6.07) is 11.1. The molecule has 4 rings (SSSR count). The summed E-state index contributed by atoms with van der Waals surface area (Å²) in [5.41, 5.74) is 4.97. The van der Waals surface area contributed by atoms with Crippen LogP contribution >= 0.6 is 11.8 Å². The summed E-state index contributed by atoms with van der Waals surface area (Å²) < 4.78 is 7.24. The van der Waals surface area contributed by atoms with Crippen molar-refractivity contribution in [3.63, 3.8) is 0 Å². The van der Waals surface area contributed by atoms with Gasteiger partial charge in [-0.15, -0.1) is 10.2 Å². The highest BCUT2D eigenvalue weighted by Gasteiger charge is 2.14. The molecule has 0 aliphatic heterocycles. The number of aromatic nitrogens is 3. The number of aromatic hydroxyl groups is 1. The van der Waals surface area contributed by atoms with Crippen molar-refractivity contribution >= 4 is 22.7 Å². The van der Waals surface area contributed by atoms with Crippen molar-refractivity contribution in [1.29, 1.82) is 0 Å². The van der Waals surface area contributed by atoms with E-state index < -0.39 is 5.63 Å². The molecule has 0 radical (unpaired) electrons. The lowest BCUT2D eigenvalue weighted by molar-refractivity contribution is 0.466. The Balaban J connectivity index is 1.69. The predicted octanol–water partition coefficient (Wildman–Crippen LogP) is 4.55. The fraction of sp³-hybridized carbons (Fsp3) is 0.227. The molecule has 29 heavy (non-hydrogen) atoms. The first kappa shape index (κ1) is 19.3. The second kappa shape index (κ2) is 7.75. The van der Waals surface area contributed by atoms with Gasteiger partial charge in [0, 0.05) is 23.3 Å². The van der Waals surface area contributed by atoms with Crippen LogP contribution in [0, 0.1) is 13.8 Å². The Morgan fingerprint density at radius 3 is 2.72 bits per heavy atom. The monoisotopic (exact) mass is 407 g/mol. The van der Waals surface area contributed by atoms with Gasteiger partial charge < -0.3 is 9.52 Å². The van der Waals surface area contributed by atoms with Crippen LogP contribution in [0.4, 0.5) is 0 Å². The van der Waals surface area contributed by atoms with E-state index in [0.29, 0.717) is 17.8 Å². The van der Waals surface area contributed by atoms with E-state index in [1.807, 2.05) is 17.6 Å². The van der Waals surface area contributed by atoms with Crippen molar-refractivity contribution in [2.45, 2.75) is 38.1 Å². The maximum atomic E-state index is 12.0. The molecule has 2 aromatic carbocycles. The third-order valence-corrected chi connectivity index (χ3v) is 5.89. The molecule has 148 valence electrons. The van der Waals surface area contributed by atoms with E-state index in [4.69, 9.17) is 4.42 Å². The number of thioether (sulfide) groups is 1. The van der Waals surface area contributed by atoms with E-state index in [1.165, 1.54) is 29.5 Å². The standard InChI is InChI=1S/C22H21N3O3S/c1-4-15-8-17-16(9-21(27)28-20(17)10-19(15)26)11-29-22-24-23-12-25(22)18-6-5-13(2)7-14(18)3/h5-10,12,26H,4,11H2,1-3H3. The van der Waals surface area contributed by atoms with Crippen molar-refractivity contribution in [3.8, 4) is 11.4 Å². The molecular weight excluding hydrogens is 386 g/mol. The van der Waals surface area contributed by atoms with Crippen molar-refractivity contribution in [2.24, 2.45) is 0 Å².